The van der Waals surface area contributed by atoms with E-state index in [1.807, 2.05) is 12.2 Å². The van der Waals surface area contributed by atoms with Crippen molar-refractivity contribution >= 4 is 46.7 Å². The second-order valence-electron chi connectivity index (χ2n) is 7.42. The zero-order chi connectivity index (χ0) is 22.1. The molecule has 1 heterocycles. The van der Waals surface area contributed by atoms with E-state index in [1.165, 1.54) is 18.2 Å². The summed E-state index contributed by atoms with van der Waals surface area (Å²) in [5.41, 5.74) is 0.404. The van der Waals surface area contributed by atoms with Crippen LogP contribution < -0.4 is 0 Å². The maximum atomic E-state index is 13.4. The van der Waals surface area contributed by atoms with Crippen molar-refractivity contribution in [2.45, 2.75) is 12.8 Å². The summed E-state index contributed by atoms with van der Waals surface area (Å²) in [4.78, 5) is 52.5. The molecule has 0 N–H and O–H groups in total. The molecule has 2 aromatic carbocycles. The molecule has 2 atom stereocenters. The zero-order valence-electron chi connectivity index (χ0n) is 16.3. The van der Waals surface area contributed by atoms with Crippen LogP contribution in [-0.2, 0) is 9.59 Å². The first-order valence-corrected chi connectivity index (χ1v) is 10.5. The summed E-state index contributed by atoms with van der Waals surface area (Å²) in [6.07, 6.45) is 4.55. The summed E-state index contributed by atoms with van der Waals surface area (Å²) < 4.78 is 0. The van der Waals surface area contributed by atoms with E-state index in [9.17, 15) is 19.2 Å². The van der Waals surface area contributed by atoms with Gasteiger partial charge in [-0.2, -0.15) is 5.01 Å². The molecule has 1 aliphatic heterocycles. The third kappa shape index (κ3) is 4.01. The summed E-state index contributed by atoms with van der Waals surface area (Å²) in [5.74, 6) is -3.19. The Morgan fingerprint density at radius 2 is 1.55 bits per heavy atom. The van der Waals surface area contributed by atoms with Gasteiger partial charge in [-0.25, -0.2) is 5.01 Å². The Bertz CT molecular complexity index is 1070. The minimum absolute atomic E-state index is 0.0422. The van der Waals surface area contributed by atoms with E-state index >= 15 is 0 Å². The minimum Gasteiger partial charge on any atom is -0.292 e. The molecule has 31 heavy (non-hydrogen) atoms. The van der Waals surface area contributed by atoms with Crippen LogP contribution in [-0.4, -0.2) is 40.1 Å². The number of halogens is 2. The number of ketones is 1. The first kappa shape index (κ1) is 21.3. The highest BCUT2D eigenvalue weighted by Gasteiger charge is 2.51. The lowest BCUT2D eigenvalue weighted by molar-refractivity contribution is -0.154. The largest absolute Gasteiger partial charge is 0.292 e. The van der Waals surface area contributed by atoms with Crippen LogP contribution in [0.15, 0.2) is 60.7 Å². The molecule has 3 amide bonds. The number of nitrogens with zero attached hydrogens (tertiary/aromatic N) is 2. The highest BCUT2D eigenvalue weighted by molar-refractivity contribution is 6.36. The van der Waals surface area contributed by atoms with Crippen LogP contribution in [0.4, 0.5) is 0 Å². The number of imide groups is 1. The van der Waals surface area contributed by atoms with Crippen LogP contribution in [0.3, 0.4) is 0 Å². The van der Waals surface area contributed by atoms with Crippen molar-refractivity contribution in [3.05, 3.63) is 81.9 Å². The molecule has 8 heteroatoms. The second-order valence-corrected chi connectivity index (χ2v) is 8.26. The van der Waals surface area contributed by atoms with Crippen molar-refractivity contribution in [2.75, 3.05) is 6.54 Å². The fourth-order valence-corrected chi connectivity index (χ4v) is 4.40. The molecule has 1 fully saturated rings. The number of hydrogen-bond acceptors (Lipinski definition) is 4. The van der Waals surface area contributed by atoms with E-state index in [0.29, 0.717) is 23.4 Å². The molecule has 2 aliphatic rings. The SMILES string of the molecule is O=C(CN(C(=O)c1ccc(Cl)cc1Cl)N1C(=O)[C@@H]2CC=CC[C@H]2C1=O)c1ccccc1. The number of rotatable bonds is 5. The second kappa shape index (κ2) is 8.65. The van der Waals surface area contributed by atoms with E-state index in [-0.39, 0.29) is 10.6 Å². The van der Waals surface area contributed by atoms with E-state index in [1.54, 1.807) is 30.3 Å². The molecule has 1 saturated heterocycles. The van der Waals surface area contributed by atoms with Crippen LogP contribution in [0.5, 0.6) is 0 Å². The van der Waals surface area contributed by atoms with Crippen LogP contribution in [0.2, 0.25) is 10.0 Å². The lowest BCUT2D eigenvalue weighted by atomic mass is 9.85. The fourth-order valence-electron chi connectivity index (χ4n) is 3.91. The van der Waals surface area contributed by atoms with Gasteiger partial charge in [0.25, 0.3) is 17.7 Å². The summed E-state index contributed by atoms with van der Waals surface area (Å²) in [6.45, 7) is -0.480. The molecule has 6 nitrogen and oxygen atoms in total. The van der Waals surface area contributed by atoms with Gasteiger partial charge in [0.1, 0.15) is 6.54 Å². The Morgan fingerprint density at radius 1 is 0.935 bits per heavy atom. The van der Waals surface area contributed by atoms with Crippen molar-refractivity contribution in [3.8, 4) is 0 Å². The Kier molecular flexibility index (Phi) is 5.94. The number of hydrogen-bond donors (Lipinski definition) is 0. The highest BCUT2D eigenvalue weighted by atomic mass is 35.5. The number of amides is 3. The number of benzene rings is 2. The van der Waals surface area contributed by atoms with Crippen LogP contribution in [0, 0.1) is 11.8 Å². The minimum atomic E-state index is -0.723. The Labute approximate surface area is 189 Å². The topological polar surface area (TPSA) is 74.8 Å². The van der Waals surface area contributed by atoms with Gasteiger partial charge >= 0.3 is 0 Å². The van der Waals surface area contributed by atoms with Crippen LogP contribution in [0.25, 0.3) is 0 Å². The summed E-state index contributed by atoms with van der Waals surface area (Å²) >= 11 is 12.1. The van der Waals surface area contributed by atoms with Gasteiger partial charge in [-0.15, -0.1) is 0 Å². The van der Waals surface area contributed by atoms with Crippen LogP contribution >= 0.6 is 23.2 Å². The maximum Gasteiger partial charge on any atom is 0.274 e. The summed E-state index contributed by atoms with van der Waals surface area (Å²) in [5, 5.41) is 2.14. The average Bonchev–Trinajstić information content (AvgIpc) is 3.02. The summed E-state index contributed by atoms with van der Waals surface area (Å²) in [6, 6.07) is 12.7. The third-order valence-corrected chi connectivity index (χ3v) is 6.06. The number of hydrazine groups is 1. The van der Waals surface area contributed by atoms with Crippen molar-refractivity contribution < 1.29 is 19.2 Å². The van der Waals surface area contributed by atoms with Crippen molar-refractivity contribution in [1.82, 2.24) is 10.0 Å². The van der Waals surface area contributed by atoms with E-state index in [2.05, 4.69) is 0 Å². The smallest absolute Gasteiger partial charge is 0.274 e. The lowest BCUT2D eigenvalue weighted by Gasteiger charge is -2.30. The molecule has 2 aromatic rings. The molecule has 0 unspecified atom stereocenters. The molecular weight excluding hydrogens is 439 g/mol. The van der Waals surface area contributed by atoms with E-state index in [4.69, 9.17) is 23.2 Å². The van der Waals surface area contributed by atoms with Gasteiger partial charge in [-0.05, 0) is 31.0 Å². The van der Waals surface area contributed by atoms with E-state index in [0.717, 1.165) is 10.0 Å². The standard InChI is InChI=1S/C23H18Cl2N2O4/c24-15-10-11-18(19(25)12-15)21(29)26(13-20(28)14-6-2-1-3-7-14)27-22(30)16-8-4-5-9-17(16)23(27)31/h1-7,10-12,16-17H,8-9,13H2/t16-,17-/m1/s1. The lowest BCUT2D eigenvalue weighted by Crippen LogP contribution is -2.52. The molecule has 1 aliphatic carbocycles. The Balaban J connectivity index is 1.72. The van der Waals surface area contributed by atoms with Gasteiger partial charge in [-0.3, -0.25) is 19.2 Å². The number of carbonyl (C=O) groups excluding carboxylic acids is 4. The number of carbonyl (C=O) groups is 4. The maximum absolute atomic E-state index is 13.4. The number of fused-ring (bicyclic) bond motifs is 1. The predicted molar refractivity (Wildman–Crippen MR) is 115 cm³/mol. The normalized spacial score (nSPS) is 20.0. The molecule has 0 aromatic heterocycles. The van der Waals surface area contributed by atoms with Gasteiger partial charge in [0.15, 0.2) is 5.78 Å². The number of Topliss-reactive ketones (excluding diaryl/α,β-unsaturated/α-hetero) is 1. The monoisotopic (exact) mass is 456 g/mol. The molecule has 158 valence electrons. The molecule has 4 rings (SSSR count). The first-order valence-electron chi connectivity index (χ1n) is 9.76. The quantitative estimate of drug-likeness (QED) is 0.384. The zero-order valence-corrected chi connectivity index (χ0v) is 17.8. The van der Waals surface area contributed by atoms with Gasteiger partial charge in [0.05, 0.1) is 22.4 Å². The van der Waals surface area contributed by atoms with Gasteiger partial charge in [0, 0.05) is 10.6 Å². The molecule has 0 spiro atoms. The highest BCUT2D eigenvalue weighted by Crippen LogP contribution is 2.36. The molecule has 0 bridgehead atoms. The van der Waals surface area contributed by atoms with Crippen molar-refractivity contribution in [1.29, 1.82) is 0 Å². The first-order chi connectivity index (χ1) is 14.9. The van der Waals surface area contributed by atoms with Gasteiger partial charge in [0.2, 0.25) is 0 Å². The van der Waals surface area contributed by atoms with Crippen molar-refractivity contribution in [3.63, 3.8) is 0 Å². The Morgan fingerprint density at radius 3 is 2.13 bits per heavy atom. The predicted octanol–water partition coefficient (Wildman–Crippen LogP) is 4.18. The number of allylic oxidation sites excluding steroid dienone is 2. The molecule has 0 radical (unpaired) electrons. The fraction of sp³-hybridized carbons (Fsp3) is 0.217. The molecule has 0 saturated carbocycles. The van der Waals surface area contributed by atoms with Crippen molar-refractivity contribution in [2.24, 2.45) is 11.8 Å². The van der Waals surface area contributed by atoms with Crippen LogP contribution in [0.1, 0.15) is 33.6 Å². The van der Waals surface area contributed by atoms with E-state index < -0.39 is 41.9 Å². The molecular formula is C23H18Cl2N2O4. The van der Waals surface area contributed by atoms with Gasteiger partial charge in [-0.1, -0.05) is 65.7 Å². The Hall–Kier alpha value is -2.96. The third-order valence-electron chi connectivity index (χ3n) is 5.51. The summed E-state index contributed by atoms with van der Waals surface area (Å²) in [7, 11) is 0. The van der Waals surface area contributed by atoms with Gasteiger partial charge < -0.3 is 0 Å². The average molecular weight is 457 g/mol.